The third kappa shape index (κ3) is 7.12. The molecule has 1 aromatic carbocycles. The summed E-state index contributed by atoms with van der Waals surface area (Å²) in [7, 11) is 3.78. The zero-order valence-corrected chi connectivity index (χ0v) is 13.2. The van der Waals surface area contributed by atoms with E-state index < -0.39 is 4.92 Å². The van der Waals surface area contributed by atoms with Crippen LogP contribution in [-0.4, -0.2) is 49.5 Å². The lowest BCUT2D eigenvalue weighted by atomic mass is 10.3. The first-order valence-corrected chi connectivity index (χ1v) is 6.26. The van der Waals surface area contributed by atoms with E-state index in [-0.39, 0.29) is 41.4 Å². The Kier molecular flexibility index (Phi) is 8.68. The van der Waals surface area contributed by atoms with Gasteiger partial charge in [0.25, 0.3) is 5.91 Å². The second kappa shape index (κ2) is 9.38. The number of nitrogens with one attached hydrogen (secondary N) is 1. The summed E-state index contributed by atoms with van der Waals surface area (Å²) >= 11 is 5.68. The Labute approximate surface area is 133 Å². The van der Waals surface area contributed by atoms with Crippen molar-refractivity contribution in [3.63, 3.8) is 0 Å². The molecular formula is C12H17Cl2N3O4. The molecule has 0 aromatic heterocycles. The van der Waals surface area contributed by atoms with Crippen LogP contribution in [0.3, 0.4) is 0 Å². The van der Waals surface area contributed by atoms with Crippen molar-refractivity contribution in [3.05, 3.63) is 33.3 Å². The summed E-state index contributed by atoms with van der Waals surface area (Å²) in [6.45, 7) is 0.903. The van der Waals surface area contributed by atoms with Crippen LogP contribution >= 0.6 is 24.0 Å². The second-order valence-electron chi connectivity index (χ2n) is 4.31. The third-order valence-electron chi connectivity index (χ3n) is 2.36. The number of nitro benzene ring substituents is 1. The summed E-state index contributed by atoms with van der Waals surface area (Å²) in [5.41, 5.74) is -0.265. The van der Waals surface area contributed by atoms with Gasteiger partial charge >= 0.3 is 5.69 Å². The lowest BCUT2D eigenvalue weighted by Crippen LogP contribution is -2.34. The number of amides is 1. The molecule has 118 valence electrons. The van der Waals surface area contributed by atoms with Crippen molar-refractivity contribution < 1.29 is 14.5 Å². The van der Waals surface area contributed by atoms with Crippen LogP contribution in [0.4, 0.5) is 5.69 Å². The van der Waals surface area contributed by atoms with Crippen molar-refractivity contribution in [3.8, 4) is 5.75 Å². The fourth-order valence-corrected chi connectivity index (χ4v) is 1.53. The minimum absolute atomic E-state index is 0. The molecule has 1 N–H and O–H groups in total. The molecule has 0 heterocycles. The normalized spacial score (nSPS) is 9.90. The zero-order valence-electron chi connectivity index (χ0n) is 11.7. The Hall–Kier alpha value is -1.57. The van der Waals surface area contributed by atoms with Gasteiger partial charge in [-0.1, -0.05) is 11.6 Å². The van der Waals surface area contributed by atoms with Crippen molar-refractivity contribution in [1.82, 2.24) is 10.2 Å². The van der Waals surface area contributed by atoms with Gasteiger partial charge in [0.05, 0.1) is 4.92 Å². The molecule has 0 aliphatic heterocycles. The second-order valence-corrected chi connectivity index (χ2v) is 4.75. The summed E-state index contributed by atoms with van der Waals surface area (Å²) in [5, 5.41) is 13.7. The molecule has 0 spiro atoms. The molecule has 0 unspecified atom stereocenters. The molecule has 0 radical (unpaired) electrons. The SMILES string of the molecule is CN(C)CCNC(=O)COc1ccc(Cl)cc1[N+](=O)[O-].Cl. The molecule has 1 rings (SSSR count). The summed E-state index contributed by atoms with van der Waals surface area (Å²) in [5.74, 6) is -0.321. The lowest BCUT2D eigenvalue weighted by Gasteiger charge is -2.11. The maximum absolute atomic E-state index is 11.5. The van der Waals surface area contributed by atoms with E-state index in [1.807, 2.05) is 19.0 Å². The molecule has 1 amide bonds. The molecule has 0 aliphatic rings. The van der Waals surface area contributed by atoms with E-state index in [1.165, 1.54) is 18.2 Å². The minimum atomic E-state index is -0.606. The van der Waals surface area contributed by atoms with Crippen molar-refractivity contribution in [2.75, 3.05) is 33.8 Å². The first-order chi connectivity index (χ1) is 9.40. The minimum Gasteiger partial charge on any atom is -0.477 e. The molecule has 0 aliphatic carbocycles. The van der Waals surface area contributed by atoms with Gasteiger partial charge in [-0.25, -0.2) is 0 Å². The fraction of sp³-hybridized carbons (Fsp3) is 0.417. The molecule has 9 heteroatoms. The molecule has 21 heavy (non-hydrogen) atoms. The topological polar surface area (TPSA) is 84.7 Å². The van der Waals surface area contributed by atoms with Gasteiger partial charge in [0, 0.05) is 24.2 Å². The monoisotopic (exact) mass is 337 g/mol. The molecule has 0 fully saturated rings. The van der Waals surface area contributed by atoms with Crippen LogP contribution in [0.1, 0.15) is 0 Å². The Morgan fingerprint density at radius 3 is 2.71 bits per heavy atom. The predicted octanol–water partition coefficient (Wildman–Crippen LogP) is 1.73. The highest BCUT2D eigenvalue weighted by Gasteiger charge is 2.16. The highest BCUT2D eigenvalue weighted by molar-refractivity contribution is 6.30. The Morgan fingerprint density at radius 2 is 2.14 bits per heavy atom. The van der Waals surface area contributed by atoms with E-state index in [1.54, 1.807) is 0 Å². The number of ether oxygens (including phenoxy) is 1. The van der Waals surface area contributed by atoms with Gasteiger partial charge in [-0.3, -0.25) is 14.9 Å². The van der Waals surface area contributed by atoms with Crippen LogP contribution in [0.2, 0.25) is 5.02 Å². The van der Waals surface area contributed by atoms with Crippen molar-refractivity contribution >= 4 is 35.6 Å². The molecule has 7 nitrogen and oxygen atoms in total. The molecule has 0 saturated heterocycles. The number of carbonyl (C=O) groups is 1. The largest absolute Gasteiger partial charge is 0.477 e. The number of likely N-dealkylation sites (N-methyl/N-ethyl adjacent to an activating group) is 1. The highest BCUT2D eigenvalue weighted by atomic mass is 35.5. The van der Waals surface area contributed by atoms with E-state index in [0.29, 0.717) is 13.1 Å². The Morgan fingerprint density at radius 1 is 1.48 bits per heavy atom. The predicted molar refractivity (Wildman–Crippen MR) is 82.4 cm³/mol. The van der Waals surface area contributed by atoms with Gasteiger partial charge in [-0.2, -0.15) is 0 Å². The maximum atomic E-state index is 11.5. The number of halogens is 2. The quantitative estimate of drug-likeness (QED) is 0.605. The van der Waals surface area contributed by atoms with Crippen LogP contribution in [-0.2, 0) is 4.79 Å². The smallest absolute Gasteiger partial charge is 0.312 e. The van der Waals surface area contributed by atoms with E-state index >= 15 is 0 Å². The van der Waals surface area contributed by atoms with Gasteiger partial charge in [-0.05, 0) is 26.2 Å². The number of nitro groups is 1. The molecule has 0 saturated carbocycles. The van der Waals surface area contributed by atoms with Gasteiger partial charge in [0.15, 0.2) is 12.4 Å². The summed E-state index contributed by atoms with van der Waals surface area (Å²) in [6, 6.07) is 4.02. The Bertz CT molecular complexity index is 497. The van der Waals surface area contributed by atoms with Crippen molar-refractivity contribution in [2.45, 2.75) is 0 Å². The van der Waals surface area contributed by atoms with Crippen LogP contribution in [0.25, 0.3) is 0 Å². The van der Waals surface area contributed by atoms with Gasteiger partial charge < -0.3 is 15.0 Å². The molecule has 0 bridgehead atoms. The maximum Gasteiger partial charge on any atom is 0.312 e. The van der Waals surface area contributed by atoms with Crippen LogP contribution in [0.15, 0.2) is 18.2 Å². The number of benzene rings is 1. The molecule has 1 aromatic rings. The van der Waals surface area contributed by atoms with Gasteiger partial charge in [0.2, 0.25) is 0 Å². The number of nitrogens with zero attached hydrogens (tertiary/aromatic N) is 2. The number of hydrogen-bond donors (Lipinski definition) is 1. The molecule has 0 atom stereocenters. The van der Waals surface area contributed by atoms with E-state index in [2.05, 4.69) is 5.32 Å². The number of hydrogen-bond acceptors (Lipinski definition) is 5. The molecular weight excluding hydrogens is 321 g/mol. The van der Waals surface area contributed by atoms with Crippen LogP contribution in [0, 0.1) is 10.1 Å². The Balaban J connectivity index is 0.00000400. The highest BCUT2D eigenvalue weighted by Crippen LogP contribution is 2.29. The lowest BCUT2D eigenvalue weighted by molar-refractivity contribution is -0.385. The zero-order chi connectivity index (χ0) is 15.1. The summed E-state index contributed by atoms with van der Waals surface area (Å²) in [6.07, 6.45) is 0. The van der Waals surface area contributed by atoms with Crippen LogP contribution in [0.5, 0.6) is 5.75 Å². The third-order valence-corrected chi connectivity index (χ3v) is 2.59. The van der Waals surface area contributed by atoms with Gasteiger partial charge in [-0.15, -0.1) is 12.4 Å². The average Bonchev–Trinajstić information content (AvgIpc) is 2.36. The first-order valence-electron chi connectivity index (χ1n) is 5.88. The summed E-state index contributed by atoms with van der Waals surface area (Å²) < 4.78 is 5.15. The van der Waals surface area contributed by atoms with E-state index in [0.717, 1.165) is 0 Å². The standard InChI is InChI=1S/C12H16ClN3O4.ClH/c1-15(2)6-5-14-12(17)8-20-11-4-3-9(13)7-10(11)16(18)19;/h3-4,7H,5-6,8H2,1-2H3,(H,14,17);1H. The average molecular weight is 338 g/mol. The van der Waals surface area contributed by atoms with Crippen molar-refractivity contribution in [1.29, 1.82) is 0 Å². The van der Waals surface area contributed by atoms with Gasteiger partial charge in [0.1, 0.15) is 0 Å². The number of rotatable bonds is 7. The summed E-state index contributed by atoms with van der Waals surface area (Å²) in [4.78, 5) is 23.6. The fourth-order valence-electron chi connectivity index (χ4n) is 1.37. The van der Waals surface area contributed by atoms with E-state index in [9.17, 15) is 14.9 Å². The van der Waals surface area contributed by atoms with E-state index in [4.69, 9.17) is 16.3 Å². The first kappa shape index (κ1) is 19.4. The van der Waals surface area contributed by atoms with Crippen molar-refractivity contribution in [2.24, 2.45) is 0 Å². The van der Waals surface area contributed by atoms with Crippen LogP contribution < -0.4 is 10.1 Å². The number of carbonyl (C=O) groups excluding carboxylic acids is 1.